The number of amides is 2. The summed E-state index contributed by atoms with van der Waals surface area (Å²) >= 11 is 0. The van der Waals surface area contributed by atoms with Crippen LogP contribution < -0.4 is 16.4 Å². The Kier molecular flexibility index (Phi) is 9.94. The first-order chi connectivity index (χ1) is 7.70. The van der Waals surface area contributed by atoms with Crippen molar-refractivity contribution in [3.63, 3.8) is 0 Å². The fourth-order valence-corrected chi connectivity index (χ4v) is 1.22. The van der Waals surface area contributed by atoms with Crippen LogP contribution in [0.1, 0.15) is 47.0 Å². The molecule has 0 aliphatic rings. The van der Waals surface area contributed by atoms with Crippen LogP contribution in [-0.4, -0.2) is 29.9 Å². The molecule has 0 unspecified atom stereocenters. The van der Waals surface area contributed by atoms with Crippen molar-refractivity contribution in [2.45, 2.75) is 58.5 Å². The van der Waals surface area contributed by atoms with E-state index in [0.29, 0.717) is 25.8 Å². The Labute approximate surface area is 116 Å². The van der Waals surface area contributed by atoms with Gasteiger partial charge in [0.05, 0.1) is 0 Å². The molecular weight excluding hydrogens is 254 g/mol. The van der Waals surface area contributed by atoms with Crippen molar-refractivity contribution in [2.24, 2.45) is 5.73 Å². The van der Waals surface area contributed by atoms with E-state index in [1.807, 2.05) is 27.7 Å². The molecule has 5 nitrogen and oxygen atoms in total. The third kappa shape index (κ3) is 13.3. The van der Waals surface area contributed by atoms with Gasteiger partial charge in [0, 0.05) is 31.0 Å². The standard InChI is InChI=1S/C12H25N3O2.ClH/c1-9(2)15-11(17)7-5-6-10(16)14-8-12(3,4)13;/h9H,5-8,13H2,1-4H3,(H,14,16)(H,15,17);1H. The molecule has 4 N–H and O–H groups in total. The minimum Gasteiger partial charge on any atom is -0.354 e. The van der Waals surface area contributed by atoms with Gasteiger partial charge >= 0.3 is 0 Å². The number of carbonyl (C=O) groups excluding carboxylic acids is 2. The van der Waals surface area contributed by atoms with Crippen molar-refractivity contribution in [2.75, 3.05) is 6.54 Å². The Morgan fingerprint density at radius 2 is 1.67 bits per heavy atom. The maximum Gasteiger partial charge on any atom is 0.220 e. The van der Waals surface area contributed by atoms with Crippen LogP contribution in [0.15, 0.2) is 0 Å². The van der Waals surface area contributed by atoms with Crippen molar-refractivity contribution >= 4 is 24.2 Å². The average molecular weight is 280 g/mol. The number of hydrogen-bond acceptors (Lipinski definition) is 3. The third-order valence-electron chi connectivity index (χ3n) is 2.00. The lowest BCUT2D eigenvalue weighted by molar-refractivity contribution is -0.122. The van der Waals surface area contributed by atoms with Gasteiger partial charge in [-0.25, -0.2) is 0 Å². The van der Waals surface area contributed by atoms with Gasteiger partial charge in [-0.3, -0.25) is 9.59 Å². The summed E-state index contributed by atoms with van der Waals surface area (Å²) in [4.78, 5) is 22.7. The SMILES string of the molecule is CC(C)NC(=O)CCCC(=O)NCC(C)(C)N.Cl. The van der Waals surface area contributed by atoms with Gasteiger partial charge in [0.1, 0.15) is 0 Å². The molecule has 0 saturated carbocycles. The van der Waals surface area contributed by atoms with E-state index in [1.165, 1.54) is 0 Å². The Morgan fingerprint density at radius 3 is 2.11 bits per heavy atom. The van der Waals surface area contributed by atoms with Gasteiger partial charge in [0.25, 0.3) is 0 Å². The number of nitrogens with two attached hydrogens (primary N) is 1. The van der Waals surface area contributed by atoms with Gasteiger partial charge < -0.3 is 16.4 Å². The molecule has 0 aliphatic heterocycles. The van der Waals surface area contributed by atoms with E-state index in [9.17, 15) is 9.59 Å². The molecule has 6 heteroatoms. The summed E-state index contributed by atoms with van der Waals surface area (Å²) < 4.78 is 0. The predicted molar refractivity (Wildman–Crippen MR) is 75.7 cm³/mol. The second kappa shape index (κ2) is 9.16. The number of carbonyl (C=O) groups is 2. The van der Waals surface area contributed by atoms with E-state index in [4.69, 9.17) is 5.73 Å². The molecule has 0 aromatic heterocycles. The molecular formula is C12H26ClN3O2. The number of nitrogens with one attached hydrogen (secondary N) is 2. The van der Waals surface area contributed by atoms with Crippen molar-refractivity contribution in [3.8, 4) is 0 Å². The molecule has 0 aliphatic carbocycles. The molecule has 0 bridgehead atoms. The molecule has 0 fully saturated rings. The van der Waals surface area contributed by atoms with Crippen molar-refractivity contribution in [1.29, 1.82) is 0 Å². The lowest BCUT2D eigenvalue weighted by Gasteiger charge is -2.18. The first kappa shape index (κ1) is 19.5. The second-order valence-electron chi connectivity index (χ2n) is 5.34. The maximum absolute atomic E-state index is 11.4. The predicted octanol–water partition coefficient (Wildman–Crippen LogP) is 0.957. The van der Waals surface area contributed by atoms with Crippen molar-refractivity contribution in [3.05, 3.63) is 0 Å². The fraction of sp³-hybridized carbons (Fsp3) is 0.833. The topological polar surface area (TPSA) is 84.2 Å². The van der Waals surface area contributed by atoms with Crippen LogP contribution in [0.5, 0.6) is 0 Å². The molecule has 0 heterocycles. The monoisotopic (exact) mass is 279 g/mol. The van der Waals surface area contributed by atoms with Gasteiger partial charge in [0.2, 0.25) is 11.8 Å². The largest absolute Gasteiger partial charge is 0.354 e. The summed E-state index contributed by atoms with van der Waals surface area (Å²) in [6.45, 7) is 7.97. The Bertz CT molecular complexity index is 263. The van der Waals surface area contributed by atoms with Gasteiger partial charge in [0.15, 0.2) is 0 Å². The van der Waals surface area contributed by atoms with E-state index in [0.717, 1.165) is 0 Å². The quantitative estimate of drug-likeness (QED) is 0.649. The first-order valence-corrected chi connectivity index (χ1v) is 6.05. The van der Waals surface area contributed by atoms with Crippen LogP contribution in [0.25, 0.3) is 0 Å². The minimum absolute atomic E-state index is 0. The molecule has 0 spiro atoms. The zero-order valence-electron chi connectivity index (χ0n) is 11.7. The van der Waals surface area contributed by atoms with Crippen LogP contribution in [-0.2, 0) is 9.59 Å². The van der Waals surface area contributed by atoms with E-state index in [-0.39, 0.29) is 30.3 Å². The minimum atomic E-state index is -0.398. The van der Waals surface area contributed by atoms with E-state index < -0.39 is 5.54 Å². The Hall–Kier alpha value is -0.810. The van der Waals surface area contributed by atoms with Gasteiger partial charge in [-0.05, 0) is 34.1 Å². The maximum atomic E-state index is 11.4. The summed E-state index contributed by atoms with van der Waals surface area (Å²) in [5.74, 6) is -0.0622. The first-order valence-electron chi connectivity index (χ1n) is 6.05. The Balaban J connectivity index is 0. The van der Waals surface area contributed by atoms with Gasteiger partial charge in [-0.2, -0.15) is 0 Å². The zero-order chi connectivity index (χ0) is 13.5. The zero-order valence-corrected chi connectivity index (χ0v) is 12.5. The fourth-order valence-electron chi connectivity index (χ4n) is 1.22. The van der Waals surface area contributed by atoms with E-state index >= 15 is 0 Å². The molecule has 18 heavy (non-hydrogen) atoms. The summed E-state index contributed by atoms with van der Waals surface area (Å²) in [5, 5.41) is 5.52. The third-order valence-corrected chi connectivity index (χ3v) is 2.00. The van der Waals surface area contributed by atoms with Gasteiger partial charge in [-0.15, -0.1) is 12.4 Å². The van der Waals surface area contributed by atoms with E-state index in [1.54, 1.807) is 0 Å². The summed E-state index contributed by atoms with van der Waals surface area (Å²) in [6, 6.07) is 0.148. The highest BCUT2D eigenvalue weighted by Gasteiger charge is 2.12. The van der Waals surface area contributed by atoms with Crippen molar-refractivity contribution in [1.82, 2.24) is 10.6 Å². The lowest BCUT2D eigenvalue weighted by atomic mass is 10.1. The second-order valence-corrected chi connectivity index (χ2v) is 5.34. The molecule has 0 atom stereocenters. The highest BCUT2D eigenvalue weighted by Crippen LogP contribution is 1.98. The number of halogens is 1. The smallest absolute Gasteiger partial charge is 0.220 e. The molecule has 0 radical (unpaired) electrons. The molecule has 0 aromatic rings. The Morgan fingerprint density at radius 1 is 1.17 bits per heavy atom. The summed E-state index contributed by atoms with van der Waals surface area (Å²) in [5.41, 5.74) is 5.34. The van der Waals surface area contributed by atoms with Crippen LogP contribution in [0.4, 0.5) is 0 Å². The normalized spacial score (nSPS) is 10.8. The van der Waals surface area contributed by atoms with Crippen LogP contribution >= 0.6 is 12.4 Å². The summed E-state index contributed by atoms with van der Waals surface area (Å²) in [7, 11) is 0. The molecule has 0 rings (SSSR count). The highest BCUT2D eigenvalue weighted by atomic mass is 35.5. The molecule has 0 aromatic carbocycles. The van der Waals surface area contributed by atoms with Crippen LogP contribution in [0, 0.1) is 0 Å². The van der Waals surface area contributed by atoms with Crippen LogP contribution in [0.3, 0.4) is 0 Å². The van der Waals surface area contributed by atoms with Crippen molar-refractivity contribution < 1.29 is 9.59 Å². The lowest BCUT2D eigenvalue weighted by Crippen LogP contribution is -2.45. The molecule has 2 amide bonds. The van der Waals surface area contributed by atoms with E-state index in [2.05, 4.69) is 10.6 Å². The van der Waals surface area contributed by atoms with Crippen LogP contribution in [0.2, 0.25) is 0 Å². The molecule has 108 valence electrons. The molecule has 0 saturated heterocycles. The summed E-state index contributed by atoms with van der Waals surface area (Å²) in [6.07, 6.45) is 1.31. The average Bonchev–Trinajstić information content (AvgIpc) is 2.12. The van der Waals surface area contributed by atoms with Gasteiger partial charge in [-0.1, -0.05) is 0 Å². The highest BCUT2D eigenvalue weighted by molar-refractivity contribution is 5.85. The number of rotatable bonds is 7. The number of hydrogen-bond donors (Lipinski definition) is 3.